The maximum Gasteiger partial charge on any atom is 0.349 e. The first-order chi connectivity index (χ1) is 6.09. The fourth-order valence-electron chi connectivity index (χ4n) is 0.741. The second-order valence-corrected chi connectivity index (χ2v) is 2.53. The van der Waals surface area contributed by atoms with Crippen LogP contribution in [0.25, 0.3) is 0 Å². The zero-order valence-electron chi connectivity index (χ0n) is 7.15. The van der Waals surface area contributed by atoms with E-state index >= 15 is 0 Å². The van der Waals surface area contributed by atoms with Crippen molar-refractivity contribution < 1.29 is 4.79 Å². The molecule has 70 valence electrons. The Kier molecular flexibility index (Phi) is 2.63. The molecule has 6 nitrogen and oxygen atoms in total. The molecule has 0 aliphatic heterocycles. The van der Waals surface area contributed by atoms with E-state index in [0.29, 0.717) is 5.82 Å². The summed E-state index contributed by atoms with van der Waals surface area (Å²) >= 11 is 0. The lowest BCUT2D eigenvalue weighted by Crippen LogP contribution is -2.25. The highest BCUT2D eigenvalue weighted by Gasteiger charge is 1.97. The first-order valence-electron chi connectivity index (χ1n) is 3.65. The fraction of sp³-hybridized carbons (Fsp3) is 0.286. The van der Waals surface area contributed by atoms with E-state index in [1.807, 2.05) is 0 Å². The van der Waals surface area contributed by atoms with Gasteiger partial charge in [0, 0.05) is 13.2 Å². The van der Waals surface area contributed by atoms with Crippen LogP contribution in [-0.4, -0.2) is 22.0 Å². The Morgan fingerprint density at radius 3 is 3.00 bits per heavy atom. The minimum Gasteiger partial charge on any atom is -0.368 e. The van der Waals surface area contributed by atoms with E-state index < -0.39 is 5.91 Å². The second-order valence-electron chi connectivity index (χ2n) is 2.53. The molecular weight excluding hydrogens is 172 g/mol. The van der Waals surface area contributed by atoms with Crippen molar-refractivity contribution in [3.8, 4) is 0 Å². The number of anilines is 1. The number of nitrogens with two attached hydrogens (primary N) is 1. The number of nitrogens with one attached hydrogen (secondary N) is 1. The van der Waals surface area contributed by atoms with Gasteiger partial charge in [0.15, 0.2) is 0 Å². The van der Waals surface area contributed by atoms with Gasteiger partial charge in [0.1, 0.15) is 5.82 Å². The molecule has 0 saturated carbocycles. The standard InChI is InChI=1S/C7H10N4O2/c1-11-3-2-6(10-7(11)13)9-4-5(8)12/h2-3H,4H2,1H3,(H2,8,12)(H,9,10,13). The molecule has 0 fully saturated rings. The maximum absolute atomic E-state index is 11.0. The Balaban J connectivity index is 2.74. The Morgan fingerprint density at radius 2 is 2.46 bits per heavy atom. The van der Waals surface area contributed by atoms with Gasteiger partial charge in [0.25, 0.3) is 0 Å². The average Bonchev–Trinajstić information content (AvgIpc) is 2.07. The molecule has 0 unspecified atom stereocenters. The lowest BCUT2D eigenvalue weighted by atomic mass is 10.5. The molecule has 1 aromatic heterocycles. The van der Waals surface area contributed by atoms with Gasteiger partial charge in [0.05, 0.1) is 6.54 Å². The summed E-state index contributed by atoms with van der Waals surface area (Å²) in [6.07, 6.45) is 1.55. The van der Waals surface area contributed by atoms with Gasteiger partial charge in [-0.15, -0.1) is 0 Å². The second kappa shape index (κ2) is 3.70. The number of carbonyl (C=O) groups is 1. The van der Waals surface area contributed by atoms with E-state index in [1.165, 1.54) is 4.57 Å². The number of rotatable bonds is 3. The minimum atomic E-state index is -0.498. The molecule has 0 radical (unpaired) electrons. The SMILES string of the molecule is Cn1ccc(NCC(N)=O)nc1=O. The lowest BCUT2D eigenvalue weighted by Gasteiger charge is -2.02. The summed E-state index contributed by atoms with van der Waals surface area (Å²) in [5.41, 5.74) is 4.52. The van der Waals surface area contributed by atoms with E-state index in [-0.39, 0.29) is 12.2 Å². The van der Waals surface area contributed by atoms with E-state index in [1.54, 1.807) is 19.3 Å². The maximum atomic E-state index is 11.0. The number of hydrogen-bond donors (Lipinski definition) is 2. The average molecular weight is 182 g/mol. The number of amides is 1. The zero-order valence-corrected chi connectivity index (χ0v) is 7.15. The summed E-state index contributed by atoms with van der Waals surface area (Å²) in [6, 6.07) is 1.59. The van der Waals surface area contributed by atoms with Gasteiger partial charge >= 0.3 is 5.69 Å². The molecular formula is C7H10N4O2. The number of carbonyl (C=O) groups excluding carboxylic acids is 1. The molecule has 6 heteroatoms. The summed E-state index contributed by atoms with van der Waals surface area (Å²) in [5.74, 6) is -0.149. The minimum absolute atomic E-state index is 0.0276. The summed E-state index contributed by atoms with van der Waals surface area (Å²) in [7, 11) is 1.59. The molecule has 0 aromatic carbocycles. The monoisotopic (exact) mass is 182 g/mol. The van der Waals surface area contributed by atoms with Crippen molar-refractivity contribution in [3.63, 3.8) is 0 Å². The smallest absolute Gasteiger partial charge is 0.349 e. The summed E-state index contributed by atoms with van der Waals surface area (Å²) in [6.45, 7) is -0.0276. The van der Waals surface area contributed by atoms with Gasteiger partial charge in [-0.3, -0.25) is 4.79 Å². The highest BCUT2D eigenvalue weighted by atomic mass is 16.1. The van der Waals surface area contributed by atoms with Crippen LogP contribution < -0.4 is 16.7 Å². The Morgan fingerprint density at radius 1 is 1.77 bits per heavy atom. The number of aromatic nitrogens is 2. The molecule has 0 atom stereocenters. The molecule has 3 N–H and O–H groups in total. The lowest BCUT2D eigenvalue weighted by molar-refractivity contribution is -0.116. The highest BCUT2D eigenvalue weighted by molar-refractivity contribution is 5.78. The normalized spacial score (nSPS) is 9.62. The summed E-state index contributed by atoms with van der Waals surface area (Å²) < 4.78 is 1.33. The molecule has 0 spiro atoms. The third-order valence-corrected chi connectivity index (χ3v) is 1.42. The van der Waals surface area contributed by atoms with Crippen molar-refractivity contribution in [3.05, 3.63) is 22.7 Å². The number of nitrogens with zero attached hydrogens (tertiary/aromatic N) is 2. The highest BCUT2D eigenvalue weighted by Crippen LogP contribution is 1.94. The fourth-order valence-corrected chi connectivity index (χ4v) is 0.741. The number of aryl methyl sites for hydroxylation is 1. The number of primary amides is 1. The van der Waals surface area contributed by atoms with Gasteiger partial charge in [-0.05, 0) is 6.07 Å². The predicted octanol–water partition coefficient (Wildman–Crippen LogP) is -1.32. The van der Waals surface area contributed by atoms with Crippen LogP contribution in [0, 0.1) is 0 Å². The molecule has 1 heterocycles. The van der Waals surface area contributed by atoms with Crippen molar-refractivity contribution in [1.29, 1.82) is 0 Å². The molecule has 13 heavy (non-hydrogen) atoms. The molecule has 0 aliphatic rings. The van der Waals surface area contributed by atoms with Gasteiger partial charge in [-0.25, -0.2) is 4.79 Å². The molecule has 0 bridgehead atoms. The van der Waals surface area contributed by atoms with Crippen LogP contribution in [0.5, 0.6) is 0 Å². The Hall–Kier alpha value is -1.85. The molecule has 1 amide bonds. The van der Waals surface area contributed by atoms with Crippen LogP contribution in [0.4, 0.5) is 5.82 Å². The van der Waals surface area contributed by atoms with Crippen molar-refractivity contribution >= 4 is 11.7 Å². The molecule has 0 saturated heterocycles. The molecule has 1 rings (SSSR count). The zero-order chi connectivity index (χ0) is 9.84. The van der Waals surface area contributed by atoms with Gasteiger partial charge in [0.2, 0.25) is 5.91 Å². The third-order valence-electron chi connectivity index (χ3n) is 1.42. The van der Waals surface area contributed by atoms with Gasteiger partial charge in [-0.2, -0.15) is 4.98 Å². The quantitative estimate of drug-likeness (QED) is 0.606. The first kappa shape index (κ1) is 9.24. The van der Waals surface area contributed by atoms with Gasteiger partial charge in [-0.1, -0.05) is 0 Å². The molecule has 1 aromatic rings. The third kappa shape index (κ3) is 2.58. The summed E-state index contributed by atoms with van der Waals surface area (Å²) in [4.78, 5) is 25.0. The van der Waals surface area contributed by atoms with Crippen LogP contribution in [0.2, 0.25) is 0 Å². The van der Waals surface area contributed by atoms with Crippen molar-refractivity contribution in [2.45, 2.75) is 0 Å². The Labute approximate surface area is 74.4 Å². The molecule has 0 aliphatic carbocycles. The van der Waals surface area contributed by atoms with Gasteiger partial charge < -0.3 is 15.6 Å². The van der Waals surface area contributed by atoms with Crippen LogP contribution in [-0.2, 0) is 11.8 Å². The largest absolute Gasteiger partial charge is 0.368 e. The van der Waals surface area contributed by atoms with Crippen molar-refractivity contribution in [2.75, 3.05) is 11.9 Å². The van der Waals surface area contributed by atoms with E-state index in [9.17, 15) is 9.59 Å². The van der Waals surface area contributed by atoms with E-state index in [2.05, 4.69) is 10.3 Å². The summed E-state index contributed by atoms with van der Waals surface area (Å²) in [5, 5.41) is 2.61. The van der Waals surface area contributed by atoms with Crippen LogP contribution in [0.15, 0.2) is 17.1 Å². The van der Waals surface area contributed by atoms with Crippen LogP contribution >= 0.6 is 0 Å². The van der Waals surface area contributed by atoms with Crippen LogP contribution in [0.1, 0.15) is 0 Å². The van der Waals surface area contributed by atoms with Crippen LogP contribution in [0.3, 0.4) is 0 Å². The van der Waals surface area contributed by atoms with E-state index in [0.717, 1.165) is 0 Å². The predicted molar refractivity (Wildman–Crippen MR) is 47.2 cm³/mol. The van der Waals surface area contributed by atoms with Crippen molar-refractivity contribution in [1.82, 2.24) is 9.55 Å². The Bertz CT molecular complexity index is 371. The van der Waals surface area contributed by atoms with Crippen molar-refractivity contribution in [2.24, 2.45) is 12.8 Å². The van der Waals surface area contributed by atoms with E-state index in [4.69, 9.17) is 5.73 Å². The topological polar surface area (TPSA) is 90.0 Å². The first-order valence-corrected chi connectivity index (χ1v) is 3.65. The number of hydrogen-bond acceptors (Lipinski definition) is 4.